The average Bonchev–Trinajstić information content (AvgIpc) is 3.49. The molecule has 0 saturated carbocycles. The fourth-order valence-electron chi connectivity index (χ4n) is 10.8. The third-order valence-corrected chi connectivity index (χ3v) is 29.0. The number of hydrogen-bond acceptors (Lipinski definition) is 0. The summed E-state index contributed by atoms with van der Waals surface area (Å²) in [4.78, 5) is 0. The van der Waals surface area contributed by atoms with Gasteiger partial charge in [0.2, 0.25) is 0 Å². The fraction of sp³-hybridized carbons (Fsp3) is 0.174. The molecule has 2 unspecified atom stereocenters. The average molecular weight is 653 g/mol. The number of hydrogen-bond donors (Lipinski definition) is 0. The summed E-state index contributed by atoms with van der Waals surface area (Å²) in [7, 11) is -5.15. The Morgan fingerprint density at radius 1 is 0.438 bits per heavy atom. The molecule has 2 bridgehead atoms. The molecular weight excluding hydrogens is 609 g/mol. The Hall–Kier alpha value is -4.51. The second-order valence-corrected chi connectivity index (χ2v) is 29.8. The molecule has 2 aliphatic rings. The van der Waals surface area contributed by atoms with Gasteiger partial charge in [-0.05, 0) is 65.3 Å². The zero-order chi connectivity index (χ0) is 33.3. The van der Waals surface area contributed by atoms with Crippen LogP contribution in [0.15, 0.2) is 158 Å². The highest BCUT2D eigenvalue weighted by Crippen LogP contribution is 2.77. The zero-order valence-corrected chi connectivity index (χ0v) is 31.0. The van der Waals surface area contributed by atoms with Gasteiger partial charge in [-0.3, -0.25) is 0 Å². The first kappa shape index (κ1) is 30.8. The summed E-state index contributed by atoms with van der Waals surface area (Å²) in [5, 5.41) is 0.973. The van der Waals surface area contributed by atoms with E-state index in [4.69, 9.17) is 0 Å². The van der Waals surface area contributed by atoms with Gasteiger partial charge in [0.15, 0.2) is 0 Å². The molecule has 6 aromatic carbocycles. The summed E-state index contributed by atoms with van der Waals surface area (Å²) in [6.45, 7) is 15.3. The molecule has 0 radical (unpaired) electrons. The highest BCUT2D eigenvalue weighted by atomic mass is 29.3. The number of rotatable bonds is 6. The van der Waals surface area contributed by atoms with Crippen LogP contribution in [-0.4, -0.2) is 15.2 Å². The molecule has 2 heterocycles. The molecule has 0 saturated heterocycles. The molecule has 236 valence electrons. The van der Waals surface area contributed by atoms with Crippen molar-refractivity contribution < 1.29 is 0 Å². The lowest BCUT2D eigenvalue weighted by Crippen LogP contribution is -2.81. The van der Waals surface area contributed by atoms with Gasteiger partial charge in [-0.25, -0.2) is 0 Å². The highest BCUT2D eigenvalue weighted by Gasteiger charge is 2.83. The maximum absolute atomic E-state index is 2.93. The number of fused-ring (bicyclic) bond motifs is 5. The van der Waals surface area contributed by atoms with Crippen LogP contribution in [0.3, 0.4) is 0 Å². The fourth-order valence-corrected chi connectivity index (χ4v) is 32.8. The Morgan fingerprint density at radius 3 is 1.12 bits per heavy atom. The van der Waals surface area contributed by atoms with E-state index in [2.05, 4.69) is 198 Å². The van der Waals surface area contributed by atoms with E-state index in [9.17, 15) is 0 Å². The normalized spacial score (nSPS) is 23.0. The van der Waals surface area contributed by atoms with Crippen molar-refractivity contribution in [1.82, 2.24) is 0 Å². The minimum Gasteiger partial charge on any atom is -0.0711 e. The maximum atomic E-state index is 2.72. The first-order valence-corrected chi connectivity index (χ1v) is 23.9. The van der Waals surface area contributed by atoms with E-state index in [0.29, 0.717) is 0 Å². The highest BCUT2D eigenvalue weighted by molar-refractivity contribution is 7.50. The molecule has 0 amide bonds. The van der Waals surface area contributed by atoms with Crippen LogP contribution in [0.5, 0.6) is 0 Å². The van der Waals surface area contributed by atoms with E-state index in [-0.39, 0.29) is 10.1 Å². The van der Waals surface area contributed by atoms with E-state index >= 15 is 0 Å². The third-order valence-electron chi connectivity index (χ3n) is 11.6. The van der Waals surface area contributed by atoms with Crippen molar-refractivity contribution in [2.24, 2.45) is 0 Å². The molecule has 0 nitrogen and oxygen atoms in total. The second kappa shape index (κ2) is 11.0. The molecule has 0 fully saturated rings. The summed E-state index contributed by atoms with van der Waals surface area (Å²) in [6, 6.07) is 60.9. The molecule has 2 aliphatic heterocycles. The quantitative estimate of drug-likeness (QED) is 0.157. The second-order valence-electron chi connectivity index (χ2n) is 15.0. The summed E-state index contributed by atoms with van der Waals surface area (Å²) in [6.07, 6.45) is 0. The lowest BCUT2D eigenvalue weighted by atomic mass is 9.65. The van der Waals surface area contributed by atoms with Crippen LogP contribution in [0.4, 0.5) is 0 Å². The van der Waals surface area contributed by atoms with Gasteiger partial charge in [0.25, 0.3) is 0 Å². The Morgan fingerprint density at radius 2 is 0.771 bits per heavy atom. The van der Waals surface area contributed by atoms with E-state index < -0.39 is 15.2 Å². The first-order chi connectivity index (χ1) is 23.2. The van der Waals surface area contributed by atoms with Gasteiger partial charge in [0, 0.05) is 17.7 Å². The third kappa shape index (κ3) is 3.71. The van der Waals surface area contributed by atoms with Crippen LogP contribution in [0.1, 0.15) is 50.1 Å². The van der Waals surface area contributed by atoms with Gasteiger partial charge in [-0.2, -0.15) is 0 Å². The van der Waals surface area contributed by atoms with Gasteiger partial charge in [-0.15, -0.1) is 0 Å². The van der Waals surface area contributed by atoms with Crippen LogP contribution in [0, 0.1) is 20.8 Å². The molecule has 6 aromatic rings. The van der Waals surface area contributed by atoms with Gasteiger partial charge >= 0.3 is 0 Å². The van der Waals surface area contributed by atoms with Crippen molar-refractivity contribution in [2.75, 3.05) is 0 Å². The smallest absolute Gasteiger partial charge is 0.0711 e. The SMILES string of the molecule is Cc1cc(C)c([Si]2([Si](C)(C)C)C3(c4ccccc4)C(c4ccccc4)=C(c4ccccc4)C2(c2ccccc2)c2ccccc23)c(C)c1. The molecule has 8 rings (SSSR count). The number of aryl methyl sites for hydroxylation is 3. The summed E-state index contributed by atoms with van der Waals surface area (Å²) >= 11 is 0. The topological polar surface area (TPSA) is 0 Å². The van der Waals surface area contributed by atoms with Crippen molar-refractivity contribution in [3.63, 3.8) is 0 Å². The largest absolute Gasteiger partial charge is 0.122 e. The van der Waals surface area contributed by atoms with Gasteiger partial charge in [0.1, 0.15) is 7.59 Å². The molecule has 0 aliphatic carbocycles. The molecule has 48 heavy (non-hydrogen) atoms. The maximum Gasteiger partial charge on any atom is 0.122 e. The van der Waals surface area contributed by atoms with E-state index in [0.717, 1.165) is 0 Å². The lowest BCUT2D eigenvalue weighted by Gasteiger charge is -2.57. The minimum atomic E-state index is -2.93. The van der Waals surface area contributed by atoms with E-state index in [1.54, 1.807) is 5.19 Å². The minimum absolute atomic E-state index is 0.345. The zero-order valence-electron chi connectivity index (χ0n) is 29.0. The Balaban J connectivity index is 1.79. The number of benzene rings is 6. The molecule has 0 aromatic heterocycles. The Bertz CT molecular complexity index is 2030. The predicted molar refractivity (Wildman–Crippen MR) is 210 cm³/mol. The van der Waals surface area contributed by atoms with Gasteiger partial charge in [-0.1, -0.05) is 199 Å². The van der Waals surface area contributed by atoms with Crippen molar-refractivity contribution in [3.8, 4) is 0 Å². The standard InChI is InChI=1S/C46H44Si2/c1-33-31-34(2)44(35(3)32-33)48(47(4,5)6)45(38-25-15-9-16-26-38)40-29-19-20-30-41(40)46(48,39-27-17-10-18-28-39)43(37-23-13-8-14-24-37)42(45)36-21-11-7-12-22-36/h7-32H,1-6H3. The van der Waals surface area contributed by atoms with Crippen LogP contribution in [-0.2, 0) is 10.1 Å². The van der Waals surface area contributed by atoms with Crippen LogP contribution < -0.4 is 5.19 Å². The molecule has 0 N–H and O–H groups in total. The molecular formula is C46H44Si2. The predicted octanol–water partition coefficient (Wildman–Crippen LogP) is 10.7. The molecule has 2 heteroatoms. The van der Waals surface area contributed by atoms with Crippen LogP contribution in [0.25, 0.3) is 11.1 Å². The lowest BCUT2D eigenvalue weighted by molar-refractivity contribution is 0.915. The molecule has 2 atom stereocenters. The monoisotopic (exact) mass is 652 g/mol. The summed E-state index contributed by atoms with van der Waals surface area (Å²) in [5.74, 6) is 0. The van der Waals surface area contributed by atoms with Gasteiger partial charge < -0.3 is 0 Å². The van der Waals surface area contributed by atoms with E-state index in [1.807, 2.05) is 0 Å². The van der Waals surface area contributed by atoms with Crippen molar-refractivity contribution in [1.29, 1.82) is 0 Å². The Kier molecular flexibility index (Phi) is 7.07. The van der Waals surface area contributed by atoms with Crippen molar-refractivity contribution >= 4 is 31.5 Å². The van der Waals surface area contributed by atoms with Crippen LogP contribution in [0.2, 0.25) is 19.6 Å². The summed E-state index contributed by atoms with van der Waals surface area (Å²) < 4.78 is 0. The van der Waals surface area contributed by atoms with Crippen molar-refractivity contribution in [2.45, 2.75) is 50.5 Å². The number of allylic oxidation sites excluding steroid dienone is 2. The molecule has 0 spiro atoms. The Labute approximate surface area is 288 Å². The first-order valence-electron chi connectivity index (χ1n) is 17.4. The van der Waals surface area contributed by atoms with Crippen molar-refractivity contribution in [3.05, 3.63) is 208 Å². The summed E-state index contributed by atoms with van der Waals surface area (Å²) in [5.41, 5.74) is 15.8. The van der Waals surface area contributed by atoms with Crippen LogP contribution >= 0.6 is 0 Å². The van der Waals surface area contributed by atoms with E-state index in [1.165, 1.54) is 61.2 Å². The van der Waals surface area contributed by atoms with Gasteiger partial charge in [0.05, 0.1) is 0 Å².